The molecule has 1 aliphatic heterocycles. The van der Waals surface area contributed by atoms with Gasteiger partial charge in [0.15, 0.2) is 0 Å². The molecule has 2 atom stereocenters. The van der Waals surface area contributed by atoms with Crippen LogP contribution in [0.4, 0.5) is 54.3 Å². The van der Waals surface area contributed by atoms with Gasteiger partial charge in [-0.25, -0.2) is 8.78 Å². The van der Waals surface area contributed by atoms with E-state index in [4.69, 9.17) is 0 Å². The summed E-state index contributed by atoms with van der Waals surface area (Å²) in [6.07, 6.45) is 8.96. The van der Waals surface area contributed by atoms with E-state index in [-0.39, 0.29) is 17.6 Å². The minimum Gasteiger partial charge on any atom is -0.341 e. The van der Waals surface area contributed by atoms with Crippen molar-refractivity contribution >= 4 is 67.3 Å². The molecule has 0 N–H and O–H groups in total. The summed E-state index contributed by atoms with van der Waals surface area (Å²) in [5.41, 5.74) is 14.7. The van der Waals surface area contributed by atoms with Crippen LogP contribution >= 0.6 is 0 Å². The number of anilines is 8. The molecule has 0 radical (unpaired) electrons. The first-order chi connectivity index (χ1) is 33.0. The maximum Gasteiger partial charge on any atom is 0.123 e. The van der Waals surface area contributed by atoms with Crippen LogP contribution in [-0.4, -0.2) is 11.1 Å². The fourth-order valence-electron chi connectivity index (χ4n) is 10.2. The van der Waals surface area contributed by atoms with E-state index in [2.05, 4.69) is 207 Å². The normalized spacial score (nSPS) is 15.1. The molecule has 67 heavy (non-hydrogen) atoms. The van der Waals surface area contributed by atoms with Gasteiger partial charge in [0, 0.05) is 80.3 Å². The van der Waals surface area contributed by atoms with E-state index >= 15 is 0 Å². The Balaban J connectivity index is 0.896. The zero-order valence-electron chi connectivity index (χ0n) is 36.5. The Morgan fingerprint density at radius 3 is 1.49 bits per heavy atom. The fraction of sp³-hybridized carbons (Fsp3) is 0.0492. The Hall–Kier alpha value is -8.48. The van der Waals surface area contributed by atoms with Crippen LogP contribution in [0.5, 0.6) is 0 Å². The number of allylic oxidation sites excluding steroid dienone is 3. The maximum absolute atomic E-state index is 14.4. The molecular formula is C61H44F2N4. The number of para-hydroxylation sites is 3. The predicted octanol–water partition coefficient (Wildman–Crippen LogP) is 16.6. The Morgan fingerprint density at radius 1 is 0.403 bits per heavy atom. The van der Waals surface area contributed by atoms with Crippen molar-refractivity contribution in [3.05, 3.63) is 260 Å². The first-order valence-electron chi connectivity index (χ1n) is 22.8. The lowest BCUT2D eigenvalue weighted by molar-refractivity contribution is 0.557. The highest BCUT2D eigenvalue weighted by Crippen LogP contribution is 2.48. The van der Waals surface area contributed by atoms with Gasteiger partial charge in [0.25, 0.3) is 0 Å². The molecule has 1 aliphatic carbocycles. The highest BCUT2D eigenvalue weighted by molar-refractivity contribution is 6.10. The Morgan fingerprint density at radius 2 is 0.881 bits per heavy atom. The van der Waals surface area contributed by atoms with Gasteiger partial charge in [-0.15, -0.1) is 0 Å². The third-order valence-electron chi connectivity index (χ3n) is 13.3. The van der Waals surface area contributed by atoms with Crippen LogP contribution in [0.25, 0.3) is 38.6 Å². The summed E-state index contributed by atoms with van der Waals surface area (Å²) in [7, 11) is 0. The van der Waals surface area contributed by atoms with Gasteiger partial charge < -0.3 is 19.3 Å². The summed E-state index contributed by atoms with van der Waals surface area (Å²) < 4.78 is 31.1. The zero-order chi connectivity index (χ0) is 44.8. The summed E-state index contributed by atoms with van der Waals surface area (Å²) in [5.74, 6) is 0.0134. The van der Waals surface area contributed by atoms with Crippen LogP contribution < -0.4 is 14.7 Å². The molecule has 0 amide bonds. The lowest BCUT2D eigenvalue weighted by atomic mass is 9.78. The Labute approximate surface area is 388 Å². The van der Waals surface area contributed by atoms with E-state index < -0.39 is 0 Å². The average Bonchev–Trinajstić information content (AvgIpc) is 3.72. The molecule has 0 saturated heterocycles. The molecule has 0 spiro atoms. The van der Waals surface area contributed by atoms with Crippen LogP contribution in [0.2, 0.25) is 0 Å². The van der Waals surface area contributed by atoms with E-state index in [1.807, 2.05) is 30.3 Å². The number of rotatable bonds is 9. The lowest BCUT2D eigenvalue weighted by Crippen LogP contribution is -2.34. The summed E-state index contributed by atoms with van der Waals surface area (Å²) in [4.78, 5) is 6.82. The molecule has 322 valence electrons. The van der Waals surface area contributed by atoms with Gasteiger partial charge in [-0.3, -0.25) is 0 Å². The highest BCUT2D eigenvalue weighted by Gasteiger charge is 2.33. The van der Waals surface area contributed by atoms with E-state index in [0.29, 0.717) is 5.92 Å². The van der Waals surface area contributed by atoms with Gasteiger partial charge in [0.1, 0.15) is 11.6 Å². The SMILES string of the molecule is Fc1ccc(N(c2ccc(-c3ccc(N(c4ccc(F)cc4)c4ccc5c(c4)c4ccccc4n5-c4ccccc4)cc3)cc2)c2ccc3c(c2)C2C=CC=C[C@H]2CN3c2ccccc2)cc1. The molecule has 1 unspecified atom stereocenters. The number of hydrogen-bond acceptors (Lipinski definition) is 3. The standard InChI is InChI=1S/C61H44F2N4/c62-45-23-31-51(32-24-45)65(53-35-37-59-57(39-53)55-16-8-7-11-44(55)41-64(59)47-12-3-1-4-13-47)49-27-19-42(20-28-49)43-21-29-50(30-22-43)66(52-33-25-46(63)26-34-52)54-36-38-61-58(40-54)56-17-9-10-18-60(56)67(61)48-14-5-2-6-15-48/h1-40,44,55H,41H2/t44-,55?/m0/s1. The largest absolute Gasteiger partial charge is 0.341 e. The summed E-state index contributed by atoms with van der Waals surface area (Å²) in [6.45, 7) is 0.896. The van der Waals surface area contributed by atoms with Gasteiger partial charge in [0.2, 0.25) is 0 Å². The first-order valence-corrected chi connectivity index (χ1v) is 22.8. The number of nitrogens with zero attached hydrogens (tertiary/aromatic N) is 4. The second-order valence-electron chi connectivity index (χ2n) is 17.3. The van der Waals surface area contributed by atoms with E-state index in [0.717, 1.165) is 79.3 Å². The van der Waals surface area contributed by atoms with Gasteiger partial charge in [-0.05, 0) is 156 Å². The number of benzene rings is 9. The van der Waals surface area contributed by atoms with Crippen LogP contribution in [-0.2, 0) is 0 Å². The van der Waals surface area contributed by atoms with E-state index in [1.165, 1.54) is 41.2 Å². The van der Waals surface area contributed by atoms with Crippen molar-refractivity contribution in [1.29, 1.82) is 0 Å². The molecular weight excluding hydrogens is 827 g/mol. The van der Waals surface area contributed by atoms with Crippen molar-refractivity contribution < 1.29 is 8.78 Å². The van der Waals surface area contributed by atoms with Gasteiger partial charge >= 0.3 is 0 Å². The third kappa shape index (κ3) is 7.33. The Bertz CT molecular complexity index is 3450. The number of aromatic nitrogens is 1. The molecule has 0 fully saturated rings. The zero-order valence-corrected chi connectivity index (χ0v) is 36.5. The molecule has 0 saturated carbocycles. The van der Waals surface area contributed by atoms with Gasteiger partial charge in [-0.2, -0.15) is 0 Å². The monoisotopic (exact) mass is 870 g/mol. The summed E-state index contributed by atoms with van der Waals surface area (Å²) in [5, 5.41) is 2.29. The van der Waals surface area contributed by atoms with Crippen LogP contribution in [0.3, 0.4) is 0 Å². The molecule has 9 aromatic carbocycles. The van der Waals surface area contributed by atoms with Crippen LogP contribution in [0, 0.1) is 17.6 Å². The fourth-order valence-corrected chi connectivity index (χ4v) is 10.2. The molecule has 4 nitrogen and oxygen atoms in total. The van der Waals surface area contributed by atoms with Crippen LogP contribution in [0.15, 0.2) is 243 Å². The average molecular weight is 871 g/mol. The molecule has 0 bridgehead atoms. The summed E-state index contributed by atoms with van der Waals surface area (Å²) in [6, 6.07) is 73.4. The number of fused-ring (bicyclic) bond motifs is 6. The first kappa shape index (κ1) is 40.1. The van der Waals surface area contributed by atoms with Crippen molar-refractivity contribution in [2.45, 2.75) is 5.92 Å². The molecule has 1 aromatic heterocycles. The third-order valence-corrected chi connectivity index (χ3v) is 13.3. The second kappa shape index (κ2) is 16.8. The maximum atomic E-state index is 14.4. The minimum absolute atomic E-state index is 0.240. The van der Waals surface area contributed by atoms with Crippen molar-refractivity contribution in [3.8, 4) is 16.8 Å². The van der Waals surface area contributed by atoms with Crippen molar-refractivity contribution in [1.82, 2.24) is 4.57 Å². The smallest absolute Gasteiger partial charge is 0.123 e. The van der Waals surface area contributed by atoms with Crippen molar-refractivity contribution in [2.24, 2.45) is 5.92 Å². The quantitative estimate of drug-likeness (QED) is 0.144. The van der Waals surface area contributed by atoms with Gasteiger partial charge in [-0.1, -0.05) is 103 Å². The predicted molar refractivity (Wildman–Crippen MR) is 273 cm³/mol. The molecule has 2 aliphatic rings. The number of hydrogen-bond donors (Lipinski definition) is 0. The van der Waals surface area contributed by atoms with E-state index in [1.54, 1.807) is 0 Å². The van der Waals surface area contributed by atoms with Crippen LogP contribution in [0.1, 0.15) is 11.5 Å². The Kier molecular flexibility index (Phi) is 10.1. The minimum atomic E-state index is -0.282. The lowest BCUT2D eigenvalue weighted by Gasteiger charge is -2.41. The molecule has 12 rings (SSSR count). The van der Waals surface area contributed by atoms with Crippen molar-refractivity contribution in [3.63, 3.8) is 0 Å². The highest BCUT2D eigenvalue weighted by atomic mass is 19.1. The molecule has 10 aromatic rings. The van der Waals surface area contributed by atoms with Crippen molar-refractivity contribution in [2.75, 3.05) is 21.2 Å². The molecule has 2 heterocycles. The van der Waals surface area contributed by atoms with E-state index in [9.17, 15) is 8.78 Å². The summed E-state index contributed by atoms with van der Waals surface area (Å²) >= 11 is 0. The topological polar surface area (TPSA) is 14.7 Å². The van der Waals surface area contributed by atoms with Gasteiger partial charge in [0.05, 0.1) is 11.0 Å². The molecule has 6 heteroatoms. The second-order valence-corrected chi connectivity index (χ2v) is 17.3. The number of halogens is 2.